The molecule has 2 rings (SSSR count). The van der Waals surface area contributed by atoms with E-state index in [1.165, 1.54) is 26.2 Å². The van der Waals surface area contributed by atoms with E-state index in [1.54, 1.807) is 0 Å². The van der Waals surface area contributed by atoms with Crippen molar-refractivity contribution < 1.29 is 18.3 Å². The van der Waals surface area contributed by atoms with Crippen LogP contribution < -0.4 is 5.69 Å². The van der Waals surface area contributed by atoms with Crippen LogP contribution in [0.2, 0.25) is 10.0 Å². The Bertz CT molecular complexity index is 833. The Morgan fingerprint density at radius 3 is 2.54 bits per heavy atom. The first-order valence-electron chi connectivity index (χ1n) is 6.77. The summed E-state index contributed by atoms with van der Waals surface area (Å²) in [5.41, 5.74) is -0.406. The zero-order valence-corrected chi connectivity index (χ0v) is 14.2. The maximum atomic E-state index is 12.9. The van der Waals surface area contributed by atoms with E-state index in [0.717, 1.165) is 4.68 Å². The highest BCUT2D eigenvalue weighted by molar-refractivity contribution is 6.36. The third-order valence-electron chi connectivity index (χ3n) is 3.35. The van der Waals surface area contributed by atoms with Crippen LogP contribution in [0.1, 0.15) is 24.4 Å². The highest BCUT2D eigenvalue weighted by Crippen LogP contribution is 2.28. The first-order valence-corrected chi connectivity index (χ1v) is 7.53. The minimum Gasteiger partial charge on any atom is -0.469 e. The zero-order valence-electron chi connectivity index (χ0n) is 12.7. The molecule has 0 saturated heterocycles. The Morgan fingerprint density at radius 2 is 2.00 bits per heavy atom. The lowest BCUT2D eigenvalue weighted by Crippen LogP contribution is -2.25. The van der Waals surface area contributed by atoms with Gasteiger partial charge in [-0.2, -0.15) is 13.5 Å². The van der Waals surface area contributed by atoms with Crippen molar-refractivity contribution in [3.8, 4) is 5.69 Å². The Kier molecular flexibility index (Phi) is 5.61. The number of esters is 1. The van der Waals surface area contributed by atoms with Crippen molar-refractivity contribution in [2.24, 2.45) is 0 Å². The van der Waals surface area contributed by atoms with Crippen molar-refractivity contribution in [1.82, 2.24) is 14.3 Å². The van der Waals surface area contributed by atoms with Gasteiger partial charge < -0.3 is 4.74 Å². The molecule has 10 heteroatoms. The number of nitrogens with zero attached hydrogens (tertiary/aromatic N) is 3. The fourth-order valence-electron chi connectivity index (χ4n) is 2.13. The summed E-state index contributed by atoms with van der Waals surface area (Å²) in [6.07, 6.45) is 0.301. The summed E-state index contributed by atoms with van der Waals surface area (Å²) < 4.78 is 31.4. The predicted octanol–water partition coefficient (Wildman–Crippen LogP) is 3.15. The largest absolute Gasteiger partial charge is 0.469 e. The lowest BCUT2D eigenvalue weighted by Gasteiger charge is -2.09. The van der Waals surface area contributed by atoms with Gasteiger partial charge in [-0.15, -0.1) is 5.10 Å². The van der Waals surface area contributed by atoms with Crippen molar-refractivity contribution >= 4 is 29.2 Å². The second kappa shape index (κ2) is 7.31. The molecule has 0 bridgehead atoms. The highest BCUT2D eigenvalue weighted by Gasteiger charge is 2.20. The average Bonchev–Trinajstić information content (AvgIpc) is 2.80. The first-order chi connectivity index (χ1) is 11.3. The quantitative estimate of drug-likeness (QED) is 0.748. The van der Waals surface area contributed by atoms with Crippen molar-refractivity contribution in [3.63, 3.8) is 0 Å². The molecule has 0 aliphatic rings. The maximum absolute atomic E-state index is 12.9. The van der Waals surface area contributed by atoms with Gasteiger partial charge in [0.05, 0.1) is 17.8 Å². The van der Waals surface area contributed by atoms with E-state index in [0.29, 0.717) is 5.56 Å². The molecule has 0 aliphatic carbocycles. The van der Waals surface area contributed by atoms with Crippen LogP contribution >= 0.6 is 23.2 Å². The van der Waals surface area contributed by atoms with Crippen molar-refractivity contribution in [1.29, 1.82) is 0 Å². The van der Waals surface area contributed by atoms with Crippen LogP contribution in [0.15, 0.2) is 16.9 Å². The van der Waals surface area contributed by atoms with E-state index in [-0.39, 0.29) is 39.0 Å². The summed E-state index contributed by atoms with van der Waals surface area (Å²) in [7, 11) is 1.26. The van der Waals surface area contributed by atoms with Gasteiger partial charge in [0.15, 0.2) is 0 Å². The van der Waals surface area contributed by atoms with Crippen LogP contribution in [0.25, 0.3) is 5.69 Å². The smallest absolute Gasteiger partial charge is 0.355 e. The summed E-state index contributed by atoms with van der Waals surface area (Å²) >= 11 is 12.1. The minimum atomic E-state index is -3.02. The summed E-state index contributed by atoms with van der Waals surface area (Å²) in [6, 6.07) is 2.81. The van der Waals surface area contributed by atoms with E-state index in [1.807, 2.05) is 0 Å². The van der Waals surface area contributed by atoms with Crippen molar-refractivity contribution in [3.05, 3.63) is 44.1 Å². The van der Waals surface area contributed by atoms with Gasteiger partial charge in [0, 0.05) is 11.4 Å². The molecule has 0 spiro atoms. The van der Waals surface area contributed by atoms with E-state index in [2.05, 4.69) is 9.84 Å². The van der Waals surface area contributed by atoms with Gasteiger partial charge in [0.25, 0.3) is 0 Å². The number of benzene rings is 1. The lowest BCUT2D eigenvalue weighted by molar-refractivity contribution is -0.140. The van der Waals surface area contributed by atoms with Gasteiger partial charge in [0.1, 0.15) is 5.82 Å². The summed E-state index contributed by atoms with van der Waals surface area (Å²) in [5.74, 6) is -0.588. The Morgan fingerprint density at radius 1 is 1.33 bits per heavy atom. The summed E-state index contributed by atoms with van der Waals surface area (Å²) in [4.78, 5) is 23.4. The molecule has 0 fully saturated rings. The van der Waals surface area contributed by atoms with Crippen molar-refractivity contribution in [2.45, 2.75) is 26.3 Å². The van der Waals surface area contributed by atoms with Crippen LogP contribution in [0, 0.1) is 6.92 Å². The molecular weight excluding hydrogens is 367 g/mol. The molecule has 6 nitrogen and oxygen atoms in total. The first kappa shape index (κ1) is 18.4. The molecule has 0 aliphatic heterocycles. The van der Waals surface area contributed by atoms with Gasteiger partial charge in [-0.1, -0.05) is 23.2 Å². The van der Waals surface area contributed by atoms with Gasteiger partial charge in [-0.3, -0.25) is 4.79 Å². The molecule has 1 aromatic carbocycles. The molecule has 1 aromatic heterocycles. The normalized spacial score (nSPS) is 11.1. The number of hydrogen-bond acceptors (Lipinski definition) is 4. The topological polar surface area (TPSA) is 66.1 Å². The SMILES string of the molecule is COC(=O)CCc1cc(-n2nc(C)n(C(F)F)c2=O)c(Cl)cc1Cl. The molecule has 24 heavy (non-hydrogen) atoms. The van der Waals surface area contributed by atoms with E-state index < -0.39 is 18.2 Å². The minimum absolute atomic E-state index is 0.0662. The molecule has 0 saturated carbocycles. The van der Waals surface area contributed by atoms with Crippen LogP contribution in [0.3, 0.4) is 0 Å². The van der Waals surface area contributed by atoms with Gasteiger partial charge in [-0.05, 0) is 31.0 Å². The number of carbonyl (C=O) groups excluding carboxylic acids is 1. The second-order valence-corrected chi connectivity index (χ2v) is 5.67. The number of alkyl halides is 2. The highest BCUT2D eigenvalue weighted by atomic mass is 35.5. The molecule has 0 atom stereocenters. The van der Waals surface area contributed by atoms with Gasteiger partial charge >= 0.3 is 18.2 Å². The summed E-state index contributed by atoms with van der Waals surface area (Å²) in [5, 5.41) is 4.17. The summed E-state index contributed by atoms with van der Waals surface area (Å²) in [6.45, 7) is -1.73. The second-order valence-electron chi connectivity index (χ2n) is 4.86. The molecule has 2 aromatic rings. The molecular formula is C14H13Cl2F2N3O3. The maximum Gasteiger partial charge on any atom is 0.355 e. The number of halogens is 4. The van der Waals surface area contributed by atoms with Crippen molar-refractivity contribution in [2.75, 3.05) is 7.11 Å². The van der Waals surface area contributed by atoms with E-state index in [4.69, 9.17) is 23.2 Å². The Hall–Kier alpha value is -1.93. The van der Waals surface area contributed by atoms with Crippen LogP contribution in [-0.2, 0) is 16.0 Å². The molecule has 1 heterocycles. The fourth-order valence-corrected chi connectivity index (χ4v) is 2.69. The lowest BCUT2D eigenvalue weighted by atomic mass is 10.1. The average molecular weight is 380 g/mol. The molecule has 0 amide bonds. The van der Waals surface area contributed by atoms with Crippen LogP contribution in [0.4, 0.5) is 8.78 Å². The Labute approximate surface area is 145 Å². The fraction of sp³-hybridized carbons (Fsp3) is 0.357. The number of hydrogen-bond donors (Lipinski definition) is 0. The molecule has 0 radical (unpaired) electrons. The van der Waals surface area contributed by atoms with Gasteiger partial charge in [0.2, 0.25) is 0 Å². The number of carbonyl (C=O) groups is 1. The molecule has 0 unspecified atom stereocenters. The number of aryl methyl sites for hydroxylation is 2. The van der Waals surface area contributed by atoms with E-state index in [9.17, 15) is 18.4 Å². The van der Waals surface area contributed by atoms with E-state index >= 15 is 0 Å². The number of ether oxygens (including phenoxy) is 1. The van der Waals surface area contributed by atoms with Crippen LogP contribution in [0.5, 0.6) is 0 Å². The van der Waals surface area contributed by atoms with Crippen LogP contribution in [-0.4, -0.2) is 27.4 Å². The van der Waals surface area contributed by atoms with Gasteiger partial charge in [-0.25, -0.2) is 9.36 Å². The third-order valence-corrected chi connectivity index (χ3v) is 4.00. The third kappa shape index (κ3) is 3.59. The predicted molar refractivity (Wildman–Crippen MR) is 84.2 cm³/mol. The monoisotopic (exact) mass is 379 g/mol. The number of rotatable bonds is 5. The zero-order chi connectivity index (χ0) is 18.0. The molecule has 0 N–H and O–H groups in total. The Balaban J connectivity index is 2.50. The number of aromatic nitrogens is 3. The molecule has 130 valence electrons. The number of methoxy groups -OCH3 is 1. The standard InChI is InChI=1S/C14H13Cl2F2N3O3/c1-7-19-21(14(23)20(7)13(17)18)11-5-8(3-4-12(22)24-2)9(15)6-10(11)16/h5-6,13H,3-4H2,1-2H3.